The molecule has 0 spiro atoms. The molecule has 0 amide bonds. The molecule has 1 unspecified atom stereocenters. The van der Waals surface area contributed by atoms with Crippen LogP contribution in [0.15, 0.2) is 53.7 Å². The summed E-state index contributed by atoms with van der Waals surface area (Å²) in [6, 6.07) is 5.83. The lowest BCUT2D eigenvalue weighted by Gasteiger charge is -2.15. The Morgan fingerprint density at radius 3 is 2.13 bits per heavy atom. The molecule has 0 aliphatic carbocycles. The maximum absolute atomic E-state index is 14.0. The number of nitrogens with zero attached hydrogens (tertiary/aromatic N) is 3. The minimum absolute atomic E-state index is 0.117. The Balaban J connectivity index is 2.36. The van der Waals surface area contributed by atoms with Crippen molar-refractivity contribution in [2.75, 3.05) is 0 Å². The normalized spacial score (nSPS) is 13.2. The Morgan fingerprint density at radius 1 is 1.10 bits per heavy atom. The zero-order chi connectivity index (χ0) is 22.3. The van der Waals surface area contributed by atoms with Crippen molar-refractivity contribution < 1.29 is 31.5 Å². The van der Waals surface area contributed by atoms with Crippen LogP contribution in [0, 0.1) is 0 Å². The molecule has 0 fully saturated rings. The van der Waals surface area contributed by atoms with Crippen LogP contribution in [0.4, 0.5) is 13.2 Å². The van der Waals surface area contributed by atoms with Crippen LogP contribution in [-0.2, 0) is 21.0 Å². The molecule has 0 radical (unpaired) electrons. The van der Waals surface area contributed by atoms with E-state index >= 15 is 0 Å². The fraction of sp³-hybridized carbons (Fsp3) is 0.167. The van der Waals surface area contributed by atoms with Gasteiger partial charge in [-0.3, -0.25) is 4.98 Å². The van der Waals surface area contributed by atoms with Crippen molar-refractivity contribution in [2.45, 2.75) is 24.0 Å². The molecule has 0 aliphatic rings. The first-order valence-corrected chi connectivity index (χ1v) is 9.92. The number of hydrogen-bond acceptors (Lipinski definition) is 5. The number of alkyl halides is 3. The summed E-state index contributed by atoms with van der Waals surface area (Å²) < 4.78 is 65.3. The molecule has 158 valence electrons. The number of benzene rings is 1. The molecule has 8 nitrogen and oxygen atoms in total. The SMILES string of the molecule is CC(C(=O)O)n1nc(-c2ccc(S(N)(=O)=O)cc2)c(-c2ccncc2)c1C(F)(F)F. The van der Waals surface area contributed by atoms with Crippen molar-refractivity contribution in [2.24, 2.45) is 5.14 Å². The van der Waals surface area contributed by atoms with Crippen LogP contribution in [0.3, 0.4) is 0 Å². The zero-order valence-electron chi connectivity index (χ0n) is 15.3. The highest BCUT2D eigenvalue weighted by atomic mass is 32.2. The second-order valence-electron chi connectivity index (χ2n) is 6.33. The summed E-state index contributed by atoms with van der Waals surface area (Å²) >= 11 is 0. The minimum atomic E-state index is -4.92. The summed E-state index contributed by atoms with van der Waals surface area (Å²) in [5.41, 5.74) is -1.49. The highest BCUT2D eigenvalue weighted by molar-refractivity contribution is 7.89. The van der Waals surface area contributed by atoms with Crippen LogP contribution >= 0.6 is 0 Å². The van der Waals surface area contributed by atoms with Gasteiger partial charge in [0.2, 0.25) is 10.0 Å². The molecular formula is C18H15F3N4O4S. The summed E-state index contributed by atoms with van der Waals surface area (Å²) in [6.45, 7) is 1.08. The lowest BCUT2D eigenvalue weighted by atomic mass is 9.99. The average Bonchev–Trinajstić information content (AvgIpc) is 3.08. The third-order valence-corrected chi connectivity index (χ3v) is 5.26. The number of primary sulfonamides is 1. The van der Waals surface area contributed by atoms with Gasteiger partial charge in [0.15, 0.2) is 5.69 Å². The molecule has 0 bridgehead atoms. The van der Waals surface area contributed by atoms with Crippen LogP contribution in [-0.4, -0.2) is 34.3 Å². The fourth-order valence-electron chi connectivity index (χ4n) is 2.89. The van der Waals surface area contributed by atoms with Crippen molar-refractivity contribution >= 4 is 16.0 Å². The van der Waals surface area contributed by atoms with E-state index in [0.717, 1.165) is 19.1 Å². The fourth-order valence-corrected chi connectivity index (χ4v) is 3.40. The van der Waals surface area contributed by atoms with Gasteiger partial charge in [-0.15, -0.1) is 0 Å². The predicted octanol–water partition coefficient (Wildman–Crippen LogP) is 2.92. The van der Waals surface area contributed by atoms with E-state index in [-0.39, 0.29) is 27.3 Å². The molecule has 3 N–H and O–H groups in total. The number of aromatic nitrogens is 3. The number of halogens is 3. The first-order chi connectivity index (χ1) is 13.9. The second kappa shape index (κ2) is 7.54. The highest BCUT2D eigenvalue weighted by Gasteiger charge is 2.42. The number of carboxylic acids is 1. The Kier molecular flexibility index (Phi) is 5.39. The monoisotopic (exact) mass is 440 g/mol. The standard InChI is InChI=1S/C18H15F3N4O4S/c1-10(17(26)27)25-16(18(19,20)21)14(11-6-8-23-9-7-11)15(24-25)12-2-4-13(5-3-12)30(22,28)29/h2-10H,1H3,(H,26,27)(H2,22,28,29). The summed E-state index contributed by atoms with van der Waals surface area (Å²) in [7, 11) is -4.01. The molecule has 3 aromatic rings. The van der Waals surface area contributed by atoms with Crippen LogP contribution in [0.2, 0.25) is 0 Å². The molecular weight excluding hydrogens is 425 g/mol. The van der Waals surface area contributed by atoms with Gasteiger partial charge < -0.3 is 5.11 Å². The average molecular weight is 440 g/mol. The third-order valence-electron chi connectivity index (χ3n) is 4.33. The molecule has 12 heteroatoms. The van der Waals surface area contributed by atoms with Gasteiger partial charge in [0, 0.05) is 23.5 Å². The van der Waals surface area contributed by atoms with Gasteiger partial charge >= 0.3 is 12.1 Å². The number of nitrogens with two attached hydrogens (primary N) is 1. The van der Waals surface area contributed by atoms with Crippen molar-refractivity contribution in [3.63, 3.8) is 0 Å². The molecule has 3 rings (SSSR count). The molecule has 2 aromatic heterocycles. The number of carbonyl (C=O) groups is 1. The van der Waals surface area contributed by atoms with Gasteiger partial charge in [0.05, 0.1) is 4.90 Å². The highest BCUT2D eigenvalue weighted by Crippen LogP contribution is 2.43. The van der Waals surface area contributed by atoms with E-state index in [2.05, 4.69) is 10.1 Å². The number of aliphatic carboxylic acids is 1. The number of carboxylic acid groups (broad SMARTS) is 1. The molecule has 30 heavy (non-hydrogen) atoms. The molecule has 0 aliphatic heterocycles. The largest absolute Gasteiger partial charge is 0.480 e. The lowest BCUT2D eigenvalue weighted by molar-refractivity contribution is -0.148. The quantitative estimate of drug-likeness (QED) is 0.628. The molecule has 0 saturated carbocycles. The van der Waals surface area contributed by atoms with Crippen LogP contribution in [0.5, 0.6) is 0 Å². The number of pyridine rings is 1. The predicted molar refractivity (Wildman–Crippen MR) is 99.6 cm³/mol. The Morgan fingerprint density at radius 2 is 1.67 bits per heavy atom. The number of rotatable bonds is 5. The Bertz CT molecular complexity index is 1190. The van der Waals surface area contributed by atoms with Crippen LogP contribution < -0.4 is 5.14 Å². The first kappa shape index (κ1) is 21.5. The summed E-state index contributed by atoms with van der Waals surface area (Å²) in [5, 5.41) is 18.3. The zero-order valence-corrected chi connectivity index (χ0v) is 16.1. The van der Waals surface area contributed by atoms with Gasteiger partial charge in [-0.05, 0) is 36.8 Å². The maximum Gasteiger partial charge on any atom is 0.433 e. The van der Waals surface area contributed by atoms with Gasteiger partial charge in [0.25, 0.3) is 0 Å². The number of hydrogen-bond donors (Lipinski definition) is 2. The van der Waals surface area contributed by atoms with E-state index in [9.17, 15) is 31.5 Å². The molecule has 0 saturated heterocycles. The van der Waals surface area contributed by atoms with Crippen molar-refractivity contribution in [1.82, 2.24) is 14.8 Å². The van der Waals surface area contributed by atoms with Crippen LogP contribution in [0.1, 0.15) is 18.7 Å². The molecule has 1 atom stereocenters. The number of sulfonamides is 1. The van der Waals surface area contributed by atoms with Gasteiger partial charge in [-0.1, -0.05) is 12.1 Å². The van der Waals surface area contributed by atoms with Gasteiger partial charge in [-0.2, -0.15) is 18.3 Å². The Labute approximate surface area is 168 Å². The van der Waals surface area contributed by atoms with Crippen molar-refractivity contribution in [1.29, 1.82) is 0 Å². The topological polar surface area (TPSA) is 128 Å². The van der Waals surface area contributed by atoms with Crippen molar-refractivity contribution in [3.05, 3.63) is 54.5 Å². The summed E-state index contributed by atoms with van der Waals surface area (Å²) in [4.78, 5) is 15.0. The van der Waals surface area contributed by atoms with E-state index in [0.29, 0.717) is 4.68 Å². The van der Waals surface area contributed by atoms with E-state index in [1.807, 2.05) is 0 Å². The second-order valence-corrected chi connectivity index (χ2v) is 7.90. The van der Waals surface area contributed by atoms with Crippen molar-refractivity contribution in [3.8, 4) is 22.4 Å². The maximum atomic E-state index is 14.0. The third kappa shape index (κ3) is 4.04. The minimum Gasteiger partial charge on any atom is -0.480 e. The van der Waals surface area contributed by atoms with E-state index in [1.165, 1.54) is 36.7 Å². The van der Waals surface area contributed by atoms with E-state index in [1.54, 1.807) is 0 Å². The van der Waals surface area contributed by atoms with Gasteiger partial charge in [0.1, 0.15) is 11.7 Å². The lowest BCUT2D eigenvalue weighted by Crippen LogP contribution is -2.23. The first-order valence-electron chi connectivity index (χ1n) is 8.37. The van der Waals surface area contributed by atoms with Crippen LogP contribution in [0.25, 0.3) is 22.4 Å². The molecule has 2 heterocycles. The summed E-state index contributed by atoms with van der Waals surface area (Å²) in [6.07, 6.45) is -2.34. The van der Waals surface area contributed by atoms with Gasteiger partial charge in [-0.25, -0.2) is 23.0 Å². The van der Waals surface area contributed by atoms with E-state index < -0.39 is 33.9 Å². The smallest absolute Gasteiger partial charge is 0.433 e. The Hall–Kier alpha value is -3.25. The summed E-state index contributed by atoms with van der Waals surface area (Å²) in [5.74, 6) is -1.50. The molecule has 1 aromatic carbocycles. The van der Waals surface area contributed by atoms with E-state index in [4.69, 9.17) is 5.14 Å².